The summed E-state index contributed by atoms with van der Waals surface area (Å²) >= 11 is 0. The first-order valence-corrected chi connectivity index (χ1v) is 7.49. The summed E-state index contributed by atoms with van der Waals surface area (Å²) in [7, 11) is 3.60. The van der Waals surface area contributed by atoms with Crippen LogP contribution < -0.4 is 10.1 Å². The largest absolute Gasteiger partial charge is 0.496 e. The maximum absolute atomic E-state index is 12.3. The Kier molecular flexibility index (Phi) is 5.81. The van der Waals surface area contributed by atoms with E-state index in [9.17, 15) is 4.79 Å². The van der Waals surface area contributed by atoms with Gasteiger partial charge in [-0.1, -0.05) is 18.2 Å². The summed E-state index contributed by atoms with van der Waals surface area (Å²) in [4.78, 5) is 14.2. The number of ether oxygens (including phenoxy) is 1. The molecule has 0 aliphatic carbocycles. The molecule has 21 heavy (non-hydrogen) atoms. The quantitative estimate of drug-likeness (QED) is 0.844. The van der Waals surface area contributed by atoms with Gasteiger partial charge >= 0.3 is 0 Å². The van der Waals surface area contributed by atoms with Crippen molar-refractivity contribution >= 4 is 12.0 Å². The average molecular weight is 288 g/mol. The standard InChI is InChI=1S/C17H24N2O2/c1-18-12-14-6-5-11-19(13-14)17(20)10-9-15-7-3-4-8-16(15)21-2/h3-4,7-10,14,18H,5-6,11-13H2,1-2H3/b10-9+. The van der Waals surface area contributed by atoms with Crippen molar-refractivity contribution in [2.45, 2.75) is 12.8 Å². The van der Waals surface area contributed by atoms with E-state index in [4.69, 9.17) is 4.74 Å². The van der Waals surface area contributed by atoms with Gasteiger partial charge in [-0.25, -0.2) is 0 Å². The van der Waals surface area contributed by atoms with Crippen LogP contribution in [0.5, 0.6) is 5.75 Å². The van der Waals surface area contributed by atoms with E-state index in [1.54, 1.807) is 13.2 Å². The molecule has 0 bridgehead atoms. The van der Waals surface area contributed by atoms with E-state index >= 15 is 0 Å². The third-order valence-corrected chi connectivity index (χ3v) is 3.87. The zero-order valence-electron chi connectivity index (χ0n) is 12.8. The molecule has 1 aromatic carbocycles. The molecule has 1 atom stereocenters. The van der Waals surface area contributed by atoms with E-state index < -0.39 is 0 Å². The van der Waals surface area contributed by atoms with Crippen molar-refractivity contribution in [1.29, 1.82) is 0 Å². The molecule has 1 aliphatic heterocycles. The fraction of sp³-hybridized carbons (Fsp3) is 0.471. The predicted octanol–water partition coefficient (Wildman–Crippen LogP) is 2.17. The molecule has 1 amide bonds. The molecule has 1 saturated heterocycles. The number of nitrogens with one attached hydrogen (secondary N) is 1. The summed E-state index contributed by atoms with van der Waals surface area (Å²) in [5.41, 5.74) is 0.928. The second-order valence-electron chi connectivity index (χ2n) is 5.43. The minimum atomic E-state index is 0.0849. The normalized spacial score (nSPS) is 19.0. The van der Waals surface area contributed by atoms with Crippen LogP contribution in [0.1, 0.15) is 18.4 Å². The van der Waals surface area contributed by atoms with E-state index in [-0.39, 0.29) is 5.91 Å². The number of amides is 1. The van der Waals surface area contributed by atoms with Gasteiger partial charge < -0.3 is 15.0 Å². The van der Waals surface area contributed by atoms with Gasteiger partial charge in [-0.3, -0.25) is 4.79 Å². The van der Waals surface area contributed by atoms with Crippen molar-refractivity contribution in [3.8, 4) is 5.75 Å². The number of hydrogen-bond donors (Lipinski definition) is 1. The van der Waals surface area contributed by atoms with Crippen molar-refractivity contribution in [2.24, 2.45) is 5.92 Å². The smallest absolute Gasteiger partial charge is 0.246 e. The zero-order valence-corrected chi connectivity index (χ0v) is 12.8. The van der Waals surface area contributed by atoms with Crippen molar-refractivity contribution in [2.75, 3.05) is 33.8 Å². The first kappa shape index (κ1) is 15.6. The van der Waals surface area contributed by atoms with Gasteiger partial charge in [-0.15, -0.1) is 0 Å². The summed E-state index contributed by atoms with van der Waals surface area (Å²) in [5, 5.41) is 3.20. The highest BCUT2D eigenvalue weighted by molar-refractivity contribution is 5.92. The minimum Gasteiger partial charge on any atom is -0.496 e. The van der Waals surface area contributed by atoms with Gasteiger partial charge in [0.15, 0.2) is 0 Å². The topological polar surface area (TPSA) is 41.6 Å². The van der Waals surface area contributed by atoms with E-state index in [1.807, 2.05) is 42.3 Å². The third-order valence-electron chi connectivity index (χ3n) is 3.87. The third kappa shape index (κ3) is 4.33. The maximum Gasteiger partial charge on any atom is 0.246 e. The number of carbonyl (C=O) groups excluding carboxylic acids is 1. The van der Waals surface area contributed by atoms with Crippen LogP contribution in [0.25, 0.3) is 6.08 Å². The Bertz CT molecular complexity index is 497. The van der Waals surface area contributed by atoms with E-state index in [2.05, 4.69) is 5.32 Å². The molecule has 1 N–H and O–H groups in total. The molecular formula is C17H24N2O2. The van der Waals surface area contributed by atoms with Gasteiger partial charge in [0.1, 0.15) is 5.75 Å². The molecule has 1 aliphatic rings. The molecule has 0 aromatic heterocycles. The van der Waals surface area contributed by atoms with E-state index in [0.29, 0.717) is 5.92 Å². The summed E-state index contributed by atoms with van der Waals surface area (Å²) < 4.78 is 5.29. The van der Waals surface area contributed by atoms with Crippen molar-refractivity contribution in [3.05, 3.63) is 35.9 Å². The van der Waals surface area contributed by atoms with Gasteiger partial charge in [0.25, 0.3) is 0 Å². The fourth-order valence-electron chi connectivity index (χ4n) is 2.79. The number of nitrogens with zero attached hydrogens (tertiary/aromatic N) is 1. The molecule has 4 heteroatoms. The second-order valence-corrected chi connectivity index (χ2v) is 5.43. The fourth-order valence-corrected chi connectivity index (χ4v) is 2.79. The number of piperidine rings is 1. The average Bonchev–Trinajstić information content (AvgIpc) is 2.53. The number of para-hydroxylation sites is 1. The van der Waals surface area contributed by atoms with Gasteiger partial charge in [-0.2, -0.15) is 0 Å². The van der Waals surface area contributed by atoms with Crippen molar-refractivity contribution < 1.29 is 9.53 Å². The predicted molar refractivity (Wildman–Crippen MR) is 85.3 cm³/mol. The number of benzene rings is 1. The molecule has 1 fully saturated rings. The monoisotopic (exact) mass is 288 g/mol. The van der Waals surface area contributed by atoms with E-state index in [1.165, 1.54) is 6.42 Å². The van der Waals surface area contributed by atoms with Crippen LogP contribution in [0.2, 0.25) is 0 Å². The number of carbonyl (C=O) groups is 1. The summed E-state index contributed by atoms with van der Waals surface area (Å²) in [6, 6.07) is 7.71. The molecule has 114 valence electrons. The van der Waals surface area contributed by atoms with Gasteiger partial charge in [0, 0.05) is 24.7 Å². The van der Waals surface area contributed by atoms with Crippen LogP contribution in [0.15, 0.2) is 30.3 Å². The van der Waals surface area contributed by atoms with Crippen molar-refractivity contribution in [1.82, 2.24) is 10.2 Å². The van der Waals surface area contributed by atoms with Crippen molar-refractivity contribution in [3.63, 3.8) is 0 Å². The lowest BCUT2D eigenvalue weighted by molar-refractivity contribution is -0.127. The molecule has 2 rings (SSSR count). The molecule has 0 spiro atoms. The van der Waals surface area contributed by atoms with Crippen LogP contribution in [-0.4, -0.2) is 44.6 Å². The van der Waals surface area contributed by atoms with Crippen LogP contribution in [-0.2, 0) is 4.79 Å². The number of methoxy groups -OCH3 is 1. The first-order chi connectivity index (χ1) is 10.2. The lowest BCUT2D eigenvalue weighted by atomic mass is 9.98. The molecule has 1 heterocycles. The van der Waals surface area contributed by atoms with Crippen LogP contribution in [0.3, 0.4) is 0 Å². The number of hydrogen-bond acceptors (Lipinski definition) is 3. The zero-order chi connectivity index (χ0) is 15.1. The summed E-state index contributed by atoms with van der Waals surface area (Å²) in [5.74, 6) is 1.43. The van der Waals surface area contributed by atoms with Crippen LogP contribution in [0.4, 0.5) is 0 Å². The highest BCUT2D eigenvalue weighted by Crippen LogP contribution is 2.20. The SMILES string of the molecule is CNCC1CCCN(C(=O)/C=C/c2ccccc2OC)C1. The molecule has 1 unspecified atom stereocenters. The number of rotatable bonds is 5. The number of likely N-dealkylation sites (tertiary alicyclic amines) is 1. The lowest BCUT2D eigenvalue weighted by Gasteiger charge is -2.32. The summed E-state index contributed by atoms with van der Waals surface area (Å²) in [6.45, 7) is 2.67. The minimum absolute atomic E-state index is 0.0849. The summed E-state index contributed by atoms with van der Waals surface area (Å²) in [6.07, 6.45) is 5.77. The highest BCUT2D eigenvalue weighted by Gasteiger charge is 2.21. The molecule has 0 saturated carbocycles. The highest BCUT2D eigenvalue weighted by atomic mass is 16.5. The molecule has 4 nitrogen and oxygen atoms in total. The Hall–Kier alpha value is -1.81. The van der Waals surface area contributed by atoms with Crippen LogP contribution in [0, 0.1) is 5.92 Å². The molecule has 1 aromatic rings. The second kappa shape index (κ2) is 7.84. The van der Waals surface area contributed by atoms with Gasteiger partial charge in [-0.05, 0) is 44.5 Å². The molecule has 0 radical (unpaired) electrons. The maximum atomic E-state index is 12.3. The Labute approximate surface area is 126 Å². The lowest BCUT2D eigenvalue weighted by Crippen LogP contribution is -2.41. The Morgan fingerprint density at radius 2 is 2.29 bits per heavy atom. The Morgan fingerprint density at radius 1 is 1.48 bits per heavy atom. The van der Waals surface area contributed by atoms with E-state index in [0.717, 1.165) is 37.4 Å². The molecular weight excluding hydrogens is 264 g/mol. The van der Waals surface area contributed by atoms with Crippen LogP contribution >= 0.6 is 0 Å². The Morgan fingerprint density at radius 3 is 3.05 bits per heavy atom. The Balaban J connectivity index is 1.98. The van der Waals surface area contributed by atoms with Gasteiger partial charge in [0.2, 0.25) is 5.91 Å². The van der Waals surface area contributed by atoms with Gasteiger partial charge in [0.05, 0.1) is 7.11 Å². The first-order valence-electron chi connectivity index (χ1n) is 7.49.